The maximum atomic E-state index is 4.51. The van der Waals surface area contributed by atoms with Gasteiger partial charge in [0.05, 0.1) is 35.9 Å². The van der Waals surface area contributed by atoms with Gasteiger partial charge < -0.3 is 20.6 Å². The average Bonchev–Trinajstić information content (AvgIpc) is 3.57. The molecule has 6 heteroatoms. The van der Waals surface area contributed by atoms with E-state index in [4.69, 9.17) is 0 Å². The third-order valence-electron chi connectivity index (χ3n) is 5.86. The molecule has 2 aliphatic rings. The highest BCUT2D eigenvalue weighted by molar-refractivity contribution is 5.71. The van der Waals surface area contributed by atoms with Crippen LogP contribution in [0.25, 0.3) is 24.3 Å². The lowest BCUT2D eigenvalue weighted by Gasteiger charge is -2.04. The van der Waals surface area contributed by atoms with Crippen LogP contribution in [-0.4, -0.2) is 33.0 Å². The molecule has 2 fully saturated rings. The lowest BCUT2D eigenvalue weighted by molar-refractivity contribution is 0.612. The van der Waals surface area contributed by atoms with Crippen LogP contribution in [0.5, 0.6) is 0 Å². The minimum atomic E-state index is 0.374. The van der Waals surface area contributed by atoms with E-state index in [9.17, 15) is 0 Å². The van der Waals surface area contributed by atoms with E-state index in [1.54, 1.807) is 0 Å². The van der Waals surface area contributed by atoms with E-state index in [2.05, 4.69) is 79.1 Å². The Morgan fingerprint density at radius 3 is 1.53 bits per heavy atom. The van der Waals surface area contributed by atoms with Crippen molar-refractivity contribution in [1.82, 2.24) is 30.6 Å². The zero-order chi connectivity index (χ0) is 20.2. The minimum Gasteiger partial charge on any atom is -0.341 e. The van der Waals surface area contributed by atoms with E-state index in [-0.39, 0.29) is 0 Å². The maximum Gasteiger partial charge on any atom is 0.123 e. The summed E-state index contributed by atoms with van der Waals surface area (Å²) in [6, 6.07) is 9.27. The van der Waals surface area contributed by atoms with Crippen molar-refractivity contribution < 1.29 is 0 Å². The smallest absolute Gasteiger partial charge is 0.123 e. The molecule has 0 saturated carbocycles. The first kappa shape index (κ1) is 19.0. The average molecular weight is 401 g/mol. The fourth-order valence-electron chi connectivity index (χ4n) is 4.15. The Labute approximate surface area is 176 Å². The number of hydrogen-bond acceptors (Lipinski definition) is 4. The molecule has 0 spiro atoms. The van der Waals surface area contributed by atoms with Crippen LogP contribution in [0.15, 0.2) is 36.7 Å². The summed E-state index contributed by atoms with van der Waals surface area (Å²) in [6.07, 6.45) is 17.0. The van der Waals surface area contributed by atoms with Gasteiger partial charge in [0, 0.05) is 0 Å². The van der Waals surface area contributed by atoms with Crippen LogP contribution in [0.4, 0.5) is 0 Å². The van der Waals surface area contributed by atoms with Crippen molar-refractivity contribution in [2.45, 2.75) is 37.8 Å². The number of benzene rings is 1. The predicted molar refractivity (Wildman–Crippen MR) is 121 cm³/mol. The Hall–Kier alpha value is -2.96. The van der Waals surface area contributed by atoms with Gasteiger partial charge >= 0.3 is 0 Å². The molecule has 1 aromatic carbocycles. The third kappa shape index (κ3) is 4.45. The Kier molecular flexibility index (Phi) is 5.59. The Bertz CT molecular complexity index is 931. The molecule has 0 radical (unpaired) electrons. The van der Waals surface area contributed by atoms with Crippen molar-refractivity contribution in [2.75, 3.05) is 13.1 Å². The number of aromatic nitrogens is 4. The largest absolute Gasteiger partial charge is 0.341 e. The monoisotopic (exact) mass is 400 g/mol. The van der Waals surface area contributed by atoms with E-state index in [1.165, 1.54) is 24.0 Å². The molecule has 5 rings (SSSR count). The Morgan fingerprint density at radius 1 is 0.667 bits per heavy atom. The van der Waals surface area contributed by atoms with E-state index in [0.717, 1.165) is 49.0 Å². The molecule has 6 nitrogen and oxygen atoms in total. The summed E-state index contributed by atoms with van der Waals surface area (Å²) in [4.78, 5) is 15.9. The van der Waals surface area contributed by atoms with Crippen molar-refractivity contribution in [1.29, 1.82) is 0 Å². The van der Waals surface area contributed by atoms with E-state index < -0.39 is 0 Å². The summed E-state index contributed by atoms with van der Waals surface area (Å²) in [7, 11) is 0. The lowest BCUT2D eigenvalue weighted by Crippen LogP contribution is -2.14. The predicted octanol–water partition coefficient (Wildman–Crippen LogP) is 4.32. The molecule has 2 saturated heterocycles. The summed E-state index contributed by atoms with van der Waals surface area (Å²) in [6.45, 7) is 2.16. The van der Waals surface area contributed by atoms with E-state index >= 15 is 0 Å². The van der Waals surface area contributed by atoms with Gasteiger partial charge in [-0.2, -0.15) is 0 Å². The van der Waals surface area contributed by atoms with Gasteiger partial charge in [0.25, 0.3) is 0 Å². The highest BCUT2D eigenvalue weighted by Gasteiger charge is 2.19. The van der Waals surface area contributed by atoms with Crippen LogP contribution >= 0.6 is 0 Å². The third-order valence-corrected chi connectivity index (χ3v) is 5.86. The van der Waals surface area contributed by atoms with Gasteiger partial charge in [0.2, 0.25) is 0 Å². The molecule has 2 aliphatic heterocycles. The van der Waals surface area contributed by atoms with Gasteiger partial charge in [-0.15, -0.1) is 0 Å². The van der Waals surface area contributed by atoms with Crippen LogP contribution in [0.3, 0.4) is 0 Å². The molecule has 2 atom stereocenters. The van der Waals surface area contributed by atoms with Crippen molar-refractivity contribution in [3.63, 3.8) is 0 Å². The van der Waals surface area contributed by atoms with Gasteiger partial charge in [-0.3, -0.25) is 0 Å². The molecule has 2 unspecified atom stereocenters. The molecule has 4 heterocycles. The van der Waals surface area contributed by atoms with E-state index in [0.29, 0.717) is 12.1 Å². The van der Waals surface area contributed by atoms with Crippen molar-refractivity contribution in [3.8, 4) is 0 Å². The topological polar surface area (TPSA) is 81.4 Å². The molecule has 30 heavy (non-hydrogen) atoms. The number of nitrogens with zero attached hydrogens (tertiary/aromatic N) is 2. The first-order chi connectivity index (χ1) is 14.8. The fourth-order valence-corrected chi connectivity index (χ4v) is 4.15. The quantitative estimate of drug-likeness (QED) is 0.497. The molecular formula is C24H28N6. The second kappa shape index (κ2) is 8.81. The molecule has 4 N–H and O–H groups in total. The van der Waals surface area contributed by atoms with Gasteiger partial charge in [-0.05, 0) is 62.1 Å². The van der Waals surface area contributed by atoms with Gasteiger partial charge in [0.1, 0.15) is 11.6 Å². The lowest BCUT2D eigenvalue weighted by atomic mass is 10.1. The Balaban J connectivity index is 1.19. The zero-order valence-corrected chi connectivity index (χ0v) is 17.1. The number of rotatable bonds is 6. The normalized spacial score (nSPS) is 22.0. The van der Waals surface area contributed by atoms with Crippen LogP contribution in [0, 0.1) is 0 Å². The molecule has 2 aromatic heterocycles. The van der Waals surface area contributed by atoms with Crippen molar-refractivity contribution in [3.05, 3.63) is 70.8 Å². The van der Waals surface area contributed by atoms with Crippen molar-refractivity contribution in [2.24, 2.45) is 0 Å². The van der Waals surface area contributed by atoms with Crippen LogP contribution in [0.1, 0.15) is 71.9 Å². The zero-order valence-electron chi connectivity index (χ0n) is 17.1. The standard InChI is InChI=1S/C24H28N6/c1-3-21(25-13-1)23-27-15-19(29-23)11-9-17-5-7-18(8-6-17)10-12-20-16-28-24(30-20)22-4-2-14-26-22/h5-12,15-16,21-22,25-26H,1-4,13-14H2,(H,27,29)(H,28,30)/b11-9+,12-10+. The fraction of sp³-hybridized carbons (Fsp3) is 0.333. The summed E-state index contributed by atoms with van der Waals surface area (Å²) in [5.41, 5.74) is 4.40. The second-order valence-corrected chi connectivity index (χ2v) is 8.08. The Morgan fingerprint density at radius 2 is 1.13 bits per heavy atom. The molecule has 0 aliphatic carbocycles. The summed E-state index contributed by atoms with van der Waals surface area (Å²) < 4.78 is 0. The van der Waals surface area contributed by atoms with Crippen LogP contribution in [0.2, 0.25) is 0 Å². The van der Waals surface area contributed by atoms with Gasteiger partial charge in [-0.25, -0.2) is 9.97 Å². The van der Waals surface area contributed by atoms with Crippen molar-refractivity contribution >= 4 is 24.3 Å². The second-order valence-electron chi connectivity index (χ2n) is 8.08. The summed E-state index contributed by atoms with van der Waals surface area (Å²) >= 11 is 0. The molecular weight excluding hydrogens is 372 g/mol. The number of aromatic amines is 2. The van der Waals surface area contributed by atoms with Gasteiger partial charge in [0.15, 0.2) is 0 Å². The van der Waals surface area contributed by atoms with Crippen LogP contribution in [-0.2, 0) is 0 Å². The number of hydrogen-bond donors (Lipinski definition) is 4. The number of H-pyrrole nitrogens is 2. The first-order valence-electron chi connectivity index (χ1n) is 10.9. The van der Waals surface area contributed by atoms with Gasteiger partial charge in [-0.1, -0.05) is 36.4 Å². The number of imidazole rings is 2. The summed E-state index contributed by atoms with van der Waals surface area (Å²) in [5.74, 6) is 2.08. The van der Waals surface area contributed by atoms with Crippen LogP contribution < -0.4 is 10.6 Å². The summed E-state index contributed by atoms with van der Waals surface area (Å²) in [5, 5.41) is 6.94. The molecule has 0 bridgehead atoms. The SMILES string of the molecule is C(=C\c1cnc(C2CCCN2)[nH]1)/c1ccc(/C=C/c2cnc(C3CCCN3)[nH]2)cc1. The molecule has 3 aromatic rings. The highest BCUT2D eigenvalue weighted by Crippen LogP contribution is 2.22. The number of nitrogens with one attached hydrogen (secondary N) is 4. The van der Waals surface area contributed by atoms with E-state index in [1.807, 2.05) is 12.4 Å². The molecule has 154 valence electrons. The first-order valence-corrected chi connectivity index (χ1v) is 10.9. The maximum absolute atomic E-state index is 4.51. The molecule has 0 amide bonds. The minimum absolute atomic E-state index is 0.374. The highest BCUT2D eigenvalue weighted by atomic mass is 15.0.